The Morgan fingerprint density at radius 3 is 1.00 bits per heavy atom. The Morgan fingerprint density at radius 1 is 0.857 bits per heavy atom. The van der Waals surface area contributed by atoms with Gasteiger partial charge >= 0.3 is 21.7 Å². The summed E-state index contributed by atoms with van der Waals surface area (Å²) in [5.41, 5.74) is 0. The van der Waals surface area contributed by atoms with Crippen LogP contribution in [0, 0.1) is 0 Å². The molecule has 0 aromatic heterocycles. The summed E-state index contributed by atoms with van der Waals surface area (Å²) in [5.74, 6) is 0. The van der Waals surface area contributed by atoms with Crippen molar-refractivity contribution in [3.8, 4) is 0 Å². The van der Waals surface area contributed by atoms with Gasteiger partial charge in [0.2, 0.25) is 0 Å². The van der Waals surface area contributed by atoms with E-state index in [9.17, 15) is 0 Å². The molecule has 0 rings (SSSR count). The smallest absolute Gasteiger partial charge is 2.00 e. The number of hydrogen-bond acceptors (Lipinski definition) is 2. The van der Waals surface area contributed by atoms with Gasteiger partial charge in [-0.2, -0.15) is 0 Å². The fraction of sp³-hybridized carbons (Fsp3) is 1.00. The predicted molar refractivity (Wildman–Crippen MR) is 15.5 cm³/mol. The monoisotopic (exact) mass is 142 g/mol. The Kier molecular flexibility index (Phi) is 114. The molecule has 0 aromatic rings. The Balaban J connectivity index is -0.0000000150. The molecule has 5 heteroatoms. The number of aliphatic hydroxyl groups excluding tert-OH is 2. The van der Waals surface area contributed by atoms with E-state index in [1.165, 1.54) is 0 Å². The fourth-order valence-electron chi connectivity index (χ4n) is 0. The van der Waals surface area contributed by atoms with Crippen molar-refractivity contribution in [1.82, 2.24) is 0 Å². The first-order valence-corrected chi connectivity index (χ1v) is 1.13. The second-order valence-corrected chi connectivity index (χ2v) is 0.447. The summed E-state index contributed by atoms with van der Waals surface area (Å²) in [6.45, 7) is -0.250. The molecule has 0 spiro atoms. The van der Waals surface area contributed by atoms with E-state index in [1.54, 1.807) is 0 Å². The zero-order valence-electron chi connectivity index (χ0n) is 3.63. The van der Waals surface area contributed by atoms with Crippen LogP contribution in [-0.2, 0) is 32.7 Å². The third-order valence-corrected chi connectivity index (χ3v) is 0.1000. The van der Waals surface area contributed by atoms with Crippen LogP contribution in [0.15, 0.2) is 0 Å². The van der Waals surface area contributed by atoms with Crippen LogP contribution >= 0.6 is 0 Å². The molecule has 0 radical (unpaired) electrons. The summed E-state index contributed by atoms with van der Waals surface area (Å²) >= 11 is 0. The van der Waals surface area contributed by atoms with Crippen LogP contribution in [0.5, 0.6) is 0 Å². The quantitative estimate of drug-likeness (QED) is 0.446. The van der Waals surface area contributed by atoms with Gasteiger partial charge in [-0.15, -0.1) is 0 Å². The third kappa shape index (κ3) is 56.3. The van der Waals surface area contributed by atoms with Gasteiger partial charge < -0.3 is 21.2 Å². The van der Waals surface area contributed by atoms with Crippen molar-refractivity contribution >= 4 is 0 Å². The van der Waals surface area contributed by atoms with Gasteiger partial charge in [0.05, 0.1) is 13.2 Å². The largest absolute Gasteiger partial charge is 4.00 e. The molecular weight excluding hydrogens is 136 g/mol. The van der Waals surface area contributed by atoms with Crippen molar-refractivity contribution < 1.29 is 42.9 Å². The molecule has 0 bridgehead atoms. The second kappa shape index (κ2) is 31.0. The Bertz CT molecular complexity index is 11.7. The van der Waals surface area contributed by atoms with E-state index in [0.717, 1.165) is 0 Å². The molecule has 42 valence electrons. The maximum atomic E-state index is 7.62. The van der Waals surface area contributed by atoms with E-state index in [-0.39, 0.29) is 45.9 Å². The van der Waals surface area contributed by atoms with E-state index in [0.29, 0.717) is 0 Å². The Labute approximate surface area is 56.7 Å². The van der Waals surface area contributed by atoms with Gasteiger partial charge in [0.25, 0.3) is 0 Å². The van der Waals surface area contributed by atoms with Crippen LogP contribution in [0.4, 0.5) is 0 Å². The topological polar surface area (TPSA) is 97.5 Å². The average molecular weight is 142 g/mol. The third-order valence-electron chi connectivity index (χ3n) is 0.1000. The van der Waals surface area contributed by atoms with E-state index in [2.05, 4.69) is 0 Å². The normalized spacial score (nSPS) is 4.29. The van der Waals surface area contributed by atoms with E-state index in [1.807, 2.05) is 0 Å². The van der Waals surface area contributed by atoms with E-state index < -0.39 is 0 Å². The molecular formula is C2H6O4Ti. The molecule has 0 unspecified atom stereocenters. The minimum absolute atomic E-state index is 0. The molecule has 0 aliphatic rings. The van der Waals surface area contributed by atoms with E-state index in [4.69, 9.17) is 10.2 Å². The average Bonchev–Trinajstić information content (AvgIpc) is 1.37. The van der Waals surface area contributed by atoms with Crippen LogP contribution in [0.3, 0.4) is 0 Å². The van der Waals surface area contributed by atoms with Crippen LogP contribution < -0.4 is 0 Å². The number of rotatable bonds is 1. The van der Waals surface area contributed by atoms with Gasteiger partial charge in [0, 0.05) is 0 Å². The molecule has 2 N–H and O–H groups in total. The molecule has 0 amide bonds. The molecule has 0 fully saturated rings. The van der Waals surface area contributed by atoms with Crippen LogP contribution in [0.1, 0.15) is 0 Å². The summed E-state index contributed by atoms with van der Waals surface area (Å²) in [6.07, 6.45) is 0. The van der Waals surface area contributed by atoms with E-state index >= 15 is 0 Å². The number of hydrogen-bond donors (Lipinski definition) is 2. The summed E-state index contributed by atoms with van der Waals surface area (Å²) in [4.78, 5) is 0. The summed E-state index contributed by atoms with van der Waals surface area (Å²) in [5, 5.41) is 15.2. The molecule has 7 heavy (non-hydrogen) atoms. The van der Waals surface area contributed by atoms with Crippen molar-refractivity contribution in [2.24, 2.45) is 0 Å². The molecule has 0 atom stereocenters. The maximum Gasteiger partial charge on any atom is 4.00 e. The van der Waals surface area contributed by atoms with Crippen molar-refractivity contribution in [3.05, 3.63) is 0 Å². The van der Waals surface area contributed by atoms with Gasteiger partial charge in [-0.3, -0.25) is 0 Å². The van der Waals surface area contributed by atoms with Gasteiger partial charge in [-0.25, -0.2) is 0 Å². The SMILES string of the molecule is OCCO.[O-2].[O-2].[Ti+4]. The van der Waals surface area contributed by atoms with Crippen LogP contribution in [0.2, 0.25) is 0 Å². The standard InChI is InChI=1S/C2H6O2.2O.Ti/c3-1-2-4;;;/h3-4H,1-2H2;;;/q;2*-2;+4. The van der Waals surface area contributed by atoms with Gasteiger partial charge in [0.1, 0.15) is 0 Å². The minimum Gasteiger partial charge on any atom is -2.00 e. The molecule has 0 aliphatic carbocycles. The summed E-state index contributed by atoms with van der Waals surface area (Å²) in [7, 11) is 0. The minimum atomic E-state index is -0.125. The molecule has 0 saturated heterocycles. The zero-order valence-corrected chi connectivity index (χ0v) is 5.19. The van der Waals surface area contributed by atoms with Crippen molar-refractivity contribution in [2.75, 3.05) is 13.2 Å². The molecule has 0 saturated carbocycles. The van der Waals surface area contributed by atoms with Gasteiger partial charge in [-0.1, -0.05) is 0 Å². The number of aliphatic hydroxyl groups is 2. The van der Waals surface area contributed by atoms with Crippen molar-refractivity contribution in [2.45, 2.75) is 0 Å². The second-order valence-electron chi connectivity index (χ2n) is 0.447. The van der Waals surface area contributed by atoms with Crippen LogP contribution in [-0.4, -0.2) is 23.4 Å². The van der Waals surface area contributed by atoms with Crippen molar-refractivity contribution in [1.29, 1.82) is 0 Å². The first-order chi connectivity index (χ1) is 1.91. The summed E-state index contributed by atoms with van der Waals surface area (Å²) in [6, 6.07) is 0. The fourth-order valence-corrected chi connectivity index (χ4v) is 0. The van der Waals surface area contributed by atoms with Gasteiger partial charge in [0.15, 0.2) is 0 Å². The molecule has 0 heterocycles. The summed E-state index contributed by atoms with van der Waals surface area (Å²) < 4.78 is 0. The first-order valence-electron chi connectivity index (χ1n) is 1.13. The first kappa shape index (κ1) is 25.7. The maximum absolute atomic E-state index is 7.62. The predicted octanol–water partition coefficient (Wildman–Crippen LogP) is -1.27. The van der Waals surface area contributed by atoms with Crippen LogP contribution in [0.25, 0.3) is 0 Å². The Hall–Kier alpha value is 0.554. The molecule has 4 nitrogen and oxygen atoms in total. The van der Waals surface area contributed by atoms with Gasteiger partial charge in [-0.05, 0) is 0 Å². The van der Waals surface area contributed by atoms with Crippen molar-refractivity contribution in [3.63, 3.8) is 0 Å². The zero-order chi connectivity index (χ0) is 3.41. The molecule has 0 aromatic carbocycles. The molecule has 0 aliphatic heterocycles. The Morgan fingerprint density at radius 2 is 1.00 bits per heavy atom.